The van der Waals surface area contributed by atoms with E-state index < -0.39 is 0 Å². The van der Waals surface area contributed by atoms with Gasteiger partial charge in [0.05, 0.1) is 12.7 Å². The van der Waals surface area contributed by atoms with Crippen LogP contribution in [-0.4, -0.2) is 31.9 Å². The molecule has 1 atom stereocenters. The first kappa shape index (κ1) is 13.7. The lowest BCUT2D eigenvalue weighted by atomic mass is 10.2. The first-order valence-electron chi connectivity index (χ1n) is 6.67. The van der Waals surface area contributed by atoms with Crippen LogP contribution >= 0.6 is 0 Å². The van der Waals surface area contributed by atoms with Crippen molar-refractivity contribution in [3.05, 3.63) is 24.3 Å². The summed E-state index contributed by atoms with van der Waals surface area (Å²) in [4.78, 5) is 11.7. The van der Waals surface area contributed by atoms with Crippen molar-refractivity contribution in [2.45, 2.75) is 25.9 Å². The Bertz CT molecular complexity index is 400. The standard InChI is InChI=1S/C14H20N2O3/c1-2-18-12-7-5-11(6-8-12)16-14(17)15-10-13-4-3-9-19-13/h5-8,13H,2-4,9-10H2,1H3,(H2,15,16,17)/t13-/m1/s1. The fraction of sp³-hybridized carbons (Fsp3) is 0.500. The number of nitrogens with one attached hydrogen (secondary N) is 2. The molecule has 5 heteroatoms. The summed E-state index contributed by atoms with van der Waals surface area (Å²) in [5, 5.41) is 5.58. The molecule has 1 aromatic rings. The number of carbonyl (C=O) groups excluding carboxylic acids is 1. The van der Waals surface area contributed by atoms with Gasteiger partial charge in [0.1, 0.15) is 5.75 Å². The molecule has 19 heavy (non-hydrogen) atoms. The lowest BCUT2D eigenvalue weighted by Gasteiger charge is -2.12. The van der Waals surface area contributed by atoms with E-state index >= 15 is 0 Å². The number of hydrogen-bond acceptors (Lipinski definition) is 3. The Labute approximate surface area is 113 Å². The molecular formula is C14H20N2O3. The number of amides is 2. The van der Waals surface area contributed by atoms with Crippen LogP contribution in [0.4, 0.5) is 10.5 Å². The summed E-state index contributed by atoms with van der Waals surface area (Å²) in [6, 6.07) is 7.09. The van der Waals surface area contributed by atoms with Gasteiger partial charge in [-0.1, -0.05) is 0 Å². The molecule has 0 aliphatic carbocycles. The van der Waals surface area contributed by atoms with E-state index in [1.807, 2.05) is 31.2 Å². The Morgan fingerprint density at radius 3 is 2.84 bits per heavy atom. The molecule has 5 nitrogen and oxygen atoms in total. The zero-order chi connectivity index (χ0) is 13.5. The minimum absolute atomic E-state index is 0.158. The van der Waals surface area contributed by atoms with Crippen LogP contribution in [0.5, 0.6) is 5.75 Å². The molecule has 0 aromatic heterocycles. The summed E-state index contributed by atoms with van der Waals surface area (Å²) in [6.07, 6.45) is 2.25. The molecule has 1 aromatic carbocycles. The van der Waals surface area contributed by atoms with Gasteiger partial charge in [-0.05, 0) is 44.0 Å². The summed E-state index contributed by atoms with van der Waals surface area (Å²) in [5.74, 6) is 0.799. The predicted molar refractivity (Wildman–Crippen MR) is 73.6 cm³/mol. The number of ether oxygens (including phenoxy) is 2. The van der Waals surface area contributed by atoms with E-state index in [0.29, 0.717) is 13.2 Å². The average Bonchev–Trinajstić information content (AvgIpc) is 2.92. The fourth-order valence-corrected chi connectivity index (χ4v) is 1.99. The van der Waals surface area contributed by atoms with Crippen LogP contribution in [0, 0.1) is 0 Å². The number of anilines is 1. The topological polar surface area (TPSA) is 59.6 Å². The Morgan fingerprint density at radius 2 is 2.21 bits per heavy atom. The summed E-state index contributed by atoms with van der Waals surface area (Å²) in [7, 11) is 0. The van der Waals surface area contributed by atoms with E-state index in [0.717, 1.165) is 30.9 Å². The number of urea groups is 1. The maximum absolute atomic E-state index is 11.7. The fourth-order valence-electron chi connectivity index (χ4n) is 1.99. The van der Waals surface area contributed by atoms with Crippen LogP contribution in [0.25, 0.3) is 0 Å². The number of benzene rings is 1. The van der Waals surface area contributed by atoms with Crippen molar-refractivity contribution in [1.82, 2.24) is 5.32 Å². The maximum atomic E-state index is 11.7. The highest BCUT2D eigenvalue weighted by atomic mass is 16.5. The average molecular weight is 264 g/mol. The number of carbonyl (C=O) groups is 1. The Morgan fingerprint density at radius 1 is 1.42 bits per heavy atom. The highest BCUT2D eigenvalue weighted by Crippen LogP contribution is 2.15. The minimum atomic E-state index is -0.209. The Balaban J connectivity index is 1.74. The van der Waals surface area contributed by atoms with Gasteiger partial charge in [-0.15, -0.1) is 0 Å². The van der Waals surface area contributed by atoms with Gasteiger partial charge in [0.15, 0.2) is 0 Å². The molecular weight excluding hydrogens is 244 g/mol. The molecule has 1 aliphatic heterocycles. The zero-order valence-corrected chi connectivity index (χ0v) is 11.1. The van der Waals surface area contributed by atoms with Crippen LogP contribution < -0.4 is 15.4 Å². The second-order valence-corrected chi connectivity index (χ2v) is 4.43. The lowest BCUT2D eigenvalue weighted by molar-refractivity contribution is 0.112. The molecule has 0 spiro atoms. The van der Waals surface area contributed by atoms with Gasteiger partial charge in [-0.25, -0.2) is 4.79 Å². The van der Waals surface area contributed by atoms with E-state index in [1.165, 1.54) is 0 Å². The SMILES string of the molecule is CCOc1ccc(NC(=O)NC[C@H]2CCCO2)cc1. The van der Waals surface area contributed by atoms with Gasteiger partial charge in [0.25, 0.3) is 0 Å². The second-order valence-electron chi connectivity index (χ2n) is 4.43. The molecule has 0 radical (unpaired) electrons. The van der Waals surface area contributed by atoms with E-state index in [9.17, 15) is 4.79 Å². The van der Waals surface area contributed by atoms with Gasteiger partial charge in [0, 0.05) is 18.8 Å². The first-order chi connectivity index (χ1) is 9.28. The third-order valence-corrected chi connectivity index (χ3v) is 2.94. The second kappa shape index (κ2) is 6.99. The Hall–Kier alpha value is -1.75. The van der Waals surface area contributed by atoms with Crippen LogP contribution in [0.3, 0.4) is 0 Å². The molecule has 2 N–H and O–H groups in total. The molecule has 1 aliphatic rings. The van der Waals surface area contributed by atoms with Crippen molar-refractivity contribution in [1.29, 1.82) is 0 Å². The van der Waals surface area contributed by atoms with E-state index in [-0.39, 0.29) is 12.1 Å². The van der Waals surface area contributed by atoms with E-state index in [1.54, 1.807) is 0 Å². The molecule has 1 fully saturated rings. The Kier molecular flexibility index (Phi) is 5.03. The highest BCUT2D eigenvalue weighted by Gasteiger charge is 2.15. The predicted octanol–water partition coefficient (Wildman–Crippen LogP) is 2.39. The summed E-state index contributed by atoms with van der Waals surface area (Å²) >= 11 is 0. The van der Waals surface area contributed by atoms with Crippen molar-refractivity contribution in [2.75, 3.05) is 25.1 Å². The van der Waals surface area contributed by atoms with Crippen molar-refractivity contribution in [3.63, 3.8) is 0 Å². The van der Waals surface area contributed by atoms with Crippen molar-refractivity contribution in [3.8, 4) is 5.75 Å². The first-order valence-corrected chi connectivity index (χ1v) is 6.67. The van der Waals surface area contributed by atoms with E-state index in [4.69, 9.17) is 9.47 Å². The van der Waals surface area contributed by atoms with Gasteiger partial charge in [0.2, 0.25) is 0 Å². The zero-order valence-electron chi connectivity index (χ0n) is 11.1. The maximum Gasteiger partial charge on any atom is 0.319 e. The molecule has 104 valence electrons. The molecule has 0 bridgehead atoms. The van der Waals surface area contributed by atoms with Crippen molar-refractivity contribution in [2.24, 2.45) is 0 Å². The normalized spacial score (nSPS) is 18.1. The summed E-state index contributed by atoms with van der Waals surface area (Å²) in [6.45, 7) is 3.93. The molecule has 2 rings (SSSR count). The lowest BCUT2D eigenvalue weighted by Crippen LogP contribution is -2.34. The molecule has 0 unspecified atom stereocenters. The smallest absolute Gasteiger partial charge is 0.319 e. The van der Waals surface area contributed by atoms with Crippen molar-refractivity contribution >= 4 is 11.7 Å². The number of hydrogen-bond donors (Lipinski definition) is 2. The monoisotopic (exact) mass is 264 g/mol. The van der Waals surface area contributed by atoms with E-state index in [2.05, 4.69) is 10.6 Å². The van der Waals surface area contributed by atoms with Gasteiger partial charge >= 0.3 is 6.03 Å². The van der Waals surface area contributed by atoms with Gasteiger partial charge in [-0.3, -0.25) is 0 Å². The number of rotatable bonds is 5. The summed E-state index contributed by atoms with van der Waals surface area (Å²) < 4.78 is 10.8. The van der Waals surface area contributed by atoms with Crippen LogP contribution in [0.1, 0.15) is 19.8 Å². The van der Waals surface area contributed by atoms with Crippen molar-refractivity contribution < 1.29 is 14.3 Å². The third kappa shape index (κ3) is 4.44. The van der Waals surface area contributed by atoms with Gasteiger partial charge < -0.3 is 20.1 Å². The minimum Gasteiger partial charge on any atom is -0.494 e. The molecule has 1 saturated heterocycles. The molecule has 2 amide bonds. The van der Waals surface area contributed by atoms with Crippen LogP contribution in [0.15, 0.2) is 24.3 Å². The van der Waals surface area contributed by atoms with Crippen LogP contribution in [0.2, 0.25) is 0 Å². The quantitative estimate of drug-likeness (QED) is 0.858. The van der Waals surface area contributed by atoms with Crippen LogP contribution in [-0.2, 0) is 4.74 Å². The van der Waals surface area contributed by atoms with Gasteiger partial charge in [-0.2, -0.15) is 0 Å². The molecule has 1 heterocycles. The largest absolute Gasteiger partial charge is 0.494 e. The third-order valence-electron chi connectivity index (χ3n) is 2.94. The summed E-state index contributed by atoms with van der Waals surface area (Å²) in [5.41, 5.74) is 0.744. The molecule has 0 saturated carbocycles. The highest BCUT2D eigenvalue weighted by molar-refractivity contribution is 5.89.